The predicted molar refractivity (Wildman–Crippen MR) is 130 cm³/mol. The third kappa shape index (κ3) is 5.85. The quantitative estimate of drug-likeness (QED) is 0.446. The van der Waals surface area contributed by atoms with Gasteiger partial charge >= 0.3 is 0 Å². The van der Waals surface area contributed by atoms with Crippen molar-refractivity contribution >= 4 is 5.91 Å². The molecular weight excluding hydrogens is 430 g/mol. The highest BCUT2D eigenvalue weighted by Crippen LogP contribution is 2.40. The summed E-state index contributed by atoms with van der Waals surface area (Å²) in [5, 5.41) is 21.2. The smallest absolute Gasteiger partial charge is 0.290 e. The lowest BCUT2D eigenvalue weighted by Crippen LogP contribution is -2.50. The van der Waals surface area contributed by atoms with Crippen LogP contribution in [0.5, 0.6) is 5.75 Å². The van der Waals surface area contributed by atoms with Crippen molar-refractivity contribution in [3.8, 4) is 5.75 Å². The van der Waals surface area contributed by atoms with E-state index >= 15 is 0 Å². The molecule has 1 aliphatic rings. The summed E-state index contributed by atoms with van der Waals surface area (Å²) >= 11 is 0. The molecule has 1 amide bonds. The van der Waals surface area contributed by atoms with Gasteiger partial charge in [-0.2, -0.15) is 0 Å². The number of ether oxygens (including phenoxy) is 1. The molecule has 0 aliphatic carbocycles. The molecule has 0 radical (unpaired) electrons. The van der Waals surface area contributed by atoms with Crippen molar-refractivity contribution < 1.29 is 19.2 Å². The molecule has 7 nitrogen and oxygen atoms in total. The number of carbonyl (C=O) groups excluding carboxylic acids is 1. The summed E-state index contributed by atoms with van der Waals surface area (Å²) in [6.45, 7) is 6.59. The van der Waals surface area contributed by atoms with Crippen molar-refractivity contribution in [1.82, 2.24) is 15.8 Å². The maximum Gasteiger partial charge on any atom is 0.290 e. The van der Waals surface area contributed by atoms with Crippen molar-refractivity contribution in [1.29, 1.82) is 0 Å². The van der Waals surface area contributed by atoms with Gasteiger partial charge in [-0.05, 0) is 43.9 Å². The summed E-state index contributed by atoms with van der Waals surface area (Å²) in [7, 11) is 0. The summed E-state index contributed by atoms with van der Waals surface area (Å²) < 4.78 is 11.2. The zero-order chi connectivity index (χ0) is 24.1. The predicted octanol–water partition coefficient (Wildman–Crippen LogP) is 3.83. The van der Waals surface area contributed by atoms with Crippen LogP contribution in [0, 0.1) is 0 Å². The molecule has 3 aromatic rings. The fraction of sp³-hybridized carbons (Fsp3) is 0.407. The van der Waals surface area contributed by atoms with E-state index in [0.29, 0.717) is 13.0 Å². The maximum absolute atomic E-state index is 12.6. The number of rotatable bonds is 9. The van der Waals surface area contributed by atoms with E-state index in [0.717, 1.165) is 29.7 Å². The van der Waals surface area contributed by atoms with E-state index in [1.54, 1.807) is 0 Å². The molecule has 0 fully saturated rings. The van der Waals surface area contributed by atoms with Gasteiger partial charge in [0, 0.05) is 30.6 Å². The first-order valence-corrected chi connectivity index (χ1v) is 11.8. The highest BCUT2D eigenvalue weighted by atomic mass is 16.5. The molecule has 7 heteroatoms. The Hall–Kier alpha value is -3.16. The second kappa shape index (κ2) is 10.4. The molecule has 2 heterocycles. The second-order valence-electron chi connectivity index (χ2n) is 9.47. The average Bonchev–Trinajstić information content (AvgIpc) is 3.37. The van der Waals surface area contributed by atoms with Crippen LogP contribution in [-0.2, 0) is 12.8 Å². The number of aliphatic hydroxyl groups is 1. The van der Waals surface area contributed by atoms with Crippen LogP contribution in [0.4, 0.5) is 0 Å². The number of aliphatic hydroxyl groups excluding tert-OH is 1. The molecule has 0 spiro atoms. The number of amides is 1. The molecule has 34 heavy (non-hydrogen) atoms. The van der Waals surface area contributed by atoms with Crippen LogP contribution in [0.15, 0.2) is 65.3 Å². The van der Waals surface area contributed by atoms with Crippen LogP contribution in [0.25, 0.3) is 0 Å². The van der Waals surface area contributed by atoms with Gasteiger partial charge < -0.3 is 25.0 Å². The van der Waals surface area contributed by atoms with Crippen molar-refractivity contribution in [2.75, 3.05) is 6.54 Å². The molecule has 3 atom stereocenters. The van der Waals surface area contributed by atoms with Crippen LogP contribution in [-0.4, -0.2) is 40.5 Å². The third-order valence-electron chi connectivity index (χ3n) is 6.25. The molecule has 1 aliphatic heterocycles. The first-order valence-electron chi connectivity index (χ1n) is 11.8. The number of carbonyl (C=O) groups is 1. The Kier molecular flexibility index (Phi) is 7.34. The monoisotopic (exact) mass is 463 g/mol. The largest absolute Gasteiger partial charge is 0.487 e. The molecule has 0 saturated carbocycles. The first kappa shape index (κ1) is 24.0. The Morgan fingerprint density at radius 2 is 1.97 bits per heavy atom. The van der Waals surface area contributed by atoms with Crippen LogP contribution >= 0.6 is 0 Å². The Bertz CT molecular complexity index is 1080. The van der Waals surface area contributed by atoms with Gasteiger partial charge in [-0.3, -0.25) is 4.79 Å². The van der Waals surface area contributed by atoms with E-state index in [9.17, 15) is 9.90 Å². The Labute approximate surface area is 200 Å². The minimum atomic E-state index is -0.823. The van der Waals surface area contributed by atoms with Crippen LogP contribution in [0.3, 0.4) is 0 Å². The summed E-state index contributed by atoms with van der Waals surface area (Å²) in [4.78, 5) is 12.6. The fourth-order valence-corrected chi connectivity index (χ4v) is 4.44. The first-order chi connectivity index (χ1) is 16.3. The molecular formula is C27H33N3O4. The Morgan fingerprint density at radius 1 is 1.18 bits per heavy atom. The van der Waals surface area contributed by atoms with Gasteiger partial charge in [0.25, 0.3) is 5.91 Å². The van der Waals surface area contributed by atoms with Crippen molar-refractivity contribution in [3.05, 3.63) is 83.2 Å². The van der Waals surface area contributed by atoms with Crippen molar-refractivity contribution in [2.45, 2.75) is 63.8 Å². The van der Waals surface area contributed by atoms with E-state index in [2.05, 4.69) is 48.7 Å². The van der Waals surface area contributed by atoms with Gasteiger partial charge in [0.2, 0.25) is 5.76 Å². The van der Waals surface area contributed by atoms with Gasteiger partial charge in [0.15, 0.2) is 0 Å². The zero-order valence-corrected chi connectivity index (χ0v) is 20.0. The number of aromatic nitrogens is 1. The summed E-state index contributed by atoms with van der Waals surface area (Å²) in [5.74, 6) is 0.591. The molecule has 3 N–H and O–H groups in total. The van der Waals surface area contributed by atoms with Gasteiger partial charge in [0.1, 0.15) is 11.4 Å². The van der Waals surface area contributed by atoms with E-state index < -0.39 is 18.1 Å². The van der Waals surface area contributed by atoms with Gasteiger partial charge in [0.05, 0.1) is 18.3 Å². The van der Waals surface area contributed by atoms with Crippen molar-refractivity contribution in [2.24, 2.45) is 0 Å². The summed E-state index contributed by atoms with van der Waals surface area (Å²) in [5.41, 5.74) is 3.05. The van der Waals surface area contributed by atoms with Crippen LogP contribution < -0.4 is 15.4 Å². The average molecular weight is 464 g/mol. The molecule has 0 bridgehead atoms. The number of nitrogens with zero attached hydrogens (tertiary/aromatic N) is 1. The normalized spacial score (nSPS) is 18.4. The number of aryl methyl sites for hydroxylation is 1. The van der Waals surface area contributed by atoms with Gasteiger partial charge in [-0.25, -0.2) is 0 Å². The Balaban J connectivity index is 1.49. The van der Waals surface area contributed by atoms with E-state index in [1.807, 2.05) is 36.4 Å². The molecule has 4 rings (SSSR count). The third-order valence-corrected chi connectivity index (χ3v) is 6.25. The summed E-state index contributed by atoms with van der Waals surface area (Å²) in [6.07, 6.45) is 2.80. The lowest BCUT2D eigenvalue weighted by molar-refractivity contribution is 0.0579. The number of benzene rings is 2. The highest BCUT2D eigenvalue weighted by molar-refractivity contribution is 5.91. The minimum absolute atomic E-state index is 0.0299. The lowest BCUT2D eigenvalue weighted by atomic mass is 9.88. The minimum Gasteiger partial charge on any atom is -0.487 e. The highest BCUT2D eigenvalue weighted by Gasteiger charge is 2.34. The van der Waals surface area contributed by atoms with Gasteiger partial charge in [-0.15, -0.1) is 0 Å². The van der Waals surface area contributed by atoms with Crippen LogP contribution in [0.2, 0.25) is 0 Å². The molecule has 2 aromatic carbocycles. The fourth-order valence-electron chi connectivity index (χ4n) is 4.44. The molecule has 180 valence electrons. The maximum atomic E-state index is 12.6. The van der Waals surface area contributed by atoms with Crippen LogP contribution in [0.1, 0.15) is 60.5 Å². The molecule has 1 aromatic heterocycles. The number of fused-ring (bicyclic) bond motifs is 1. The van der Waals surface area contributed by atoms with E-state index in [1.165, 1.54) is 17.8 Å². The number of hydrogen-bond donors (Lipinski definition) is 3. The second-order valence-corrected chi connectivity index (χ2v) is 9.47. The molecule has 0 unspecified atom stereocenters. The summed E-state index contributed by atoms with van der Waals surface area (Å²) in [6, 6.07) is 17.1. The topological polar surface area (TPSA) is 96.6 Å². The zero-order valence-electron chi connectivity index (χ0n) is 20.0. The number of hydrogen-bond acceptors (Lipinski definition) is 6. The molecule has 0 saturated heterocycles. The van der Waals surface area contributed by atoms with E-state index in [-0.39, 0.29) is 17.4 Å². The van der Waals surface area contributed by atoms with Crippen molar-refractivity contribution in [3.63, 3.8) is 0 Å². The Morgan fingerprint density at radius 3 is 2.68 bits per heavy atom. The van der Waals surface area contributed by atoms with E-state index in [4.69, 9.17) is 9.26 Å². The standard InChI is InChI=1S/C27H33N3O4/c1-4-18-10-11-24-20(14-18)22(16-27(2,3)33-24)28-17-23(31)21(15-19-8-6-5-7-9-19)30-26(32)25-12-13-29-34-25/h5-14,21-23,28,31H,4,15-17H2,1-3H3,(H,30,32)/t21-,22-,23-/m0/s1. The number of nitrogens with one attached hydrogen (secondary N) is 2. The lowest BCUT2D eigenvalue weighted by Gasteiger charge is -2.39. The van der Waals surface area contributed by atoms with Gasteiger partial charge in [-0.1, -0.05) is 54.5 Å². The SMILES string of the molecule is CCc1ccc2c(c1)[C@@H](NC[C@H](O)[C@H](Cc1ccccc1)NC(=O)c1ccno1)CC(C)(C)O2.